The Morgan fingerprint density at radius 1 is 1.18 bits per heavy atom. The lowest BCUT2D eigenvalue weighted by Crippen LogP contribution is -2.09. The highest BCUT2D eigenvalue weighted by molar-refractivity contribution is 5.95. The van der Waals surface area contributed by atoms with Crippen molar-refractivity contribution < 1.29 is 9.53 Å². The Kier molecular flexibility index (Phi) is 3.63. The smallest absolute Gasteiger partial charge is 0.355 e. The maximum atomic E-state index is 12.3. The lowest BCUT2D eigenvalue weighted by atomic mass is 10.2. The predicted molar refractivity (Wildman–Crippen MR) is 83.2 cm³/mol. The zero-order valence-electron chi connectivity index (χ0n) is 12.1. The van der Waals surface area contributed by atoms with Crippen LogP contribution in [0.25, 0.3) is 10.9 Å². The summed E-state index contributed by atoms with van der Waals surface area (Å²) in [5, 5.41) is 9.87. The molecule has 0 aliphatic carbocycles. The zero-order chi connectivity index (χ0) is 15.5. The molecule has 0 amide bonds. The molecular weight excluding hydrogens is 276 g/mol. The molecule has 0 aliphatic heterocycles. The largest absolute Gasteiger partial charge is 0.456 e. The van der Waals surface area contributed by atoms with Crippen molar-refractivity contribution in [2.75, 3.05) is 0 Å². The van der Waals surface area contributed by atoms with Crippen LogP contribution in [0.5, 0.6) is 0 Å². The van der Waals surface area contributed by atoms with Crippen molar-refractivity contribution in [3.05, 3.63) is 71.4 Å². The number of hydrogen-bond donors (Lipinski definition) is 0. The minimum atomic E-state index is -0.374. The van der Waals surface area contributed by atoms with Crippen LogP contribution in [0.4, 0.5) is 0 Å². The molecule has 0 N–H and O–H groups in total. The Morgan fingerprint density at radius 3 is 2.68 bits per heavy atom. The van der Waals surface area contributed by atoms with E-state index < -0.39 is 0 Å². The summed E-state index contributed by atoms with van der Waals surface area (Å²) >= 11 is 0. The van der Waals surface area contributed by atoms with Gasteiger partial charge in [-0.05, 0) is 23.8 Å². The number of carbonyl (C=O) groups is 1. The molecule has 0 saturated heterocycles. The molecule has 3 aromatic rings. The SMILES string of the molecule is Cn1c(C(=O)OCc2ccccc2)cc2ccc(C#N)cc21. The molecule has 22 heavy (non-hydrogen) atoms. The molecular formula is C18H14N2O2. The van der Waals surface area contributed by atoms with E-state index in [1.807, 2.05) is 36.4 Å². The van der Waals surface area contributed by atoms with Crippen molar-refractivity contribution in [3.63, 3.8) is 0 Å². The molecule has 4 heteroatoms. The highest BCUT2D eigenvalue weighted by Gasteiger charge is 2.15. The monoisotopic (exact) mass is 290 g/mol. The number of esters is 1. The average molecular weight is 290 g/mol. The molecule has 1 aromatic heterocycles. The van der Waals surface area contributed by atoms with E-state index in [9.17, 15) is 4.79 Å². The van der Waals surface area contributed by atoms with Gasteiger partial charge in [0.1, 0.15) is 12.3 Å². The van der Waals surface area contributed by atoms with E-state index in [1.54, 1.807) is 29.8 Å². The summed E-state index contributed by atoms with van der Waals surface area (Å²) in [6.07, 6.45) is 0. The second kappa shape index (κ2) is 5.74. The van der Waals surface area contributed by atoms with Crippen LogP contribution >= 0.6 is 0 Å². The Hall–Kier alpha value is -3.06. The van der Waals surface area contributed by atoms with Gasteiger partial charge in [-0.2, -0.15) is 5.26 Å². The molecule has 0 atom stereocenters. The summed E-state index contributed by atoms with van der Waals surface area (Å²) in [6, 6.07) is 18.8. The number of ether oxygens (including phenoxy) is 1. The van der Waals surface area contributed by atoms with Gasteiger partial charge in [0, 0.05) is 18.0 Å². The quantitative estimate of drug-likeness (QED) is 0.695. The molecule has 0 radical (unpaired) electrons. The number of benzene rings is 2. The van der Waals surface area contributed by atoms with E-state index in [0.29, 0.717) is 11.3 Å². The van der Waals surface area contributed by atoms with Crippen molar-refractivity contribution in [2.45, 2.75) is 6.61 Å². The van der Waals surface area contributed by atoms with Crippen molar-refractivity contribution in [3.8, 4) is 6.07 Å². The normalized spacial score (nSPS) is 10.4. The van der Waals surface area contributed by atoms with E-state index in [4.69, 9.17) is 10.00 Å². The third-order valence-corrected chi connectivity index (χ3v) is 3.60. The maximum Gasteiger partial charge on any atom is 0.355 e. The molecule has 0 fully saturated rings. The van der Waals surface area contributed by atoms with Gasteiger partial charge >= 0.3 is 5.97 Å². The third-order valence-electron chi connectivity index (χ3n) is 3.60. The number of fused-ring (bicyclic) bond motifs is 1. The predicted octanol–water partition coefficient (Wildman–Crippen LogP) is 3.41. The minimum absolute atomic E-state index is 0.241. The van der Waals surface area contributed by atoms with Gasteiger partial charge in [0.15, 0.2) is 0 Å². The number of rotatable bonds is 3. The van der Waals surface area contributed by atoms with Crippen LogP contribution in [0, 0.1) is 11.3 Å². The van der Waals surface area contributed by atoms with Gasteiger partial charge in [0.05, 0.1) is 11.6 Å². The van der Waals surface area contributed by atoms with E-state index in [2.05, 4.69) is 6.07 Å². The van der Waals surface area contributed by atoms with Gasteiger partial charge in [0.2, 0.25) is 0 Å². The van der Waals surface area contributed by atoms with Crippen molar-refractivity contribution in [1.29, 1.82) is 5.26 Å². The van der Waals surface area contributed by atoms with Gasteiger partial charge in [-0.25, -0.2) is 4.79 Å². The molecule has 108 valence electrons. The van der Waals surface area contributed by atoms with Crippen LogP contribution in [-0.4, -0.2) is 10.5 Å². The third kappa shape index (κ3) is 2.57. The number of aromatic nitrogens is 1. The molecule has 0 unspecified atom stereocenters. The van der Waals surface area contributed by atoms with Crippen LogP contribution in [0.15, 0.2) is 54.6 Å². The highest BCUT2D eigenvalue weighted by atomic mass is 16.5. The number of nitriles is 1. The van der Waals surface area contributed by atoms with Gasteiger partial charge in [0.25, 0.3) is 0 Å². The first-order chi connectivity index (χ1) is 10.7. The summed E-state index contributed by atoms with van der Waals surface area (Å²) in [7, 11) is 1.79. The molecule has 0 spiro atoms. The fraction of sp³-hybridized carbons (Fsp3) is 0.111. The van der Waals surface area contributed by atoms with Gasteiger partial charge in [-0.3, -0.25) is 0 Å². The maximum absolute atomic E-state index is 12.3. The molecule has 3 rings (SSSR count). The number of nitrogens with zero attached hydrogens (tertiary/aromatic N) is 2. The standard InChI is InChI=1S/C18H14N2O2/c1-20-16-9-14(11-19)7-8-15(16)10-17(20)18(21)22-12-13-5-3-2-4-6-13/h2-10H,12H2,1H3. The van der Waals surface area contributed by atoms with Crippen LogP contribution in [0.2, 0.25) is 0 Å². The molecule has 2 aromatic carbocycles. The van der Waals surface area contributed by atoms with E-state index in [0.717, 1.165) is 16.5 Å². The van der Waals surface area contributed by atoms with E-state index in [-0.39, 0.29) is 12.6 Å². The second-order valence-electron chi connectivity index (χ2n) is 5.04. The van der Waals surface area contributed by atoms with Crippen LogP contribution in [0.1, 0.15) is 21.6 Å². The Balaban J connectivity index is 1.85. The lowest BCUT2D eigenvalue weighted by Gasteiger charge is -2.06. The van der Waals surface area contributed by atoms with E-state index in [1.165, 1.54) is 0 Å². The average Bonchev–Trinajstić information content (AvgIpc) is 2.90. The molecule has 0 saturated carbocycles. The minimum Gasteiger partial charge on any atom is -0.456 e. The number of carbonyl (C=O) groups excluding carboxylic acids is 1. The number of aryl methyl sites for hydroxylation is 1. The number of hydrogen-bond acceptors (Lipinski definition) is 3. The van der Waals surface area contributed by atoms with Crippen LogP contribution < -0.4 is 0 Å². The zero-order valence-corrected chi connectivity index (χ0v) is 12.1. The summed E-state index contributed by atoms with van der Waals surface area (Å²) in [5.74, 6) is -0.374. The lowest BCUT2D eigenvalue weighted by molar-refractivity contribution is 0.0462. The van der Waals surface area contributed by atoms with Gasteiger partial charge in [-0.15, -0.1) is 0 Å². The van der Waals surface area contributed by atoms with Gasteiger partial charge in [-0.1, -0.05) is 36.4 Å². The Morgan fingerprint density at radius 2 is 1.95 bits per heavy atom. The Labute approximate surface area is 128 Å². The topological polar surface area (TPSA) is 55.0 Å². The first-order valence-corrected chi connectivity index (χ1v) is 6.89. The molecule has 4 nitrogen and oxygen atoms in total. The van der Waals surface area contributed by atoms with Crippen LogP contribution in [0.3, 0.4) is 0 Å². The molecule has 0 aliphatic rings. The van der Waals surface area contributed by atoms with Crippen molar-refractivity contribution in [2.24, 2.45) is 7.05 Å². The second-order valence-corrected chi connectivity index (χ2v) is 5.04. The fourth-order valence-corrected chi connectivity index (χ4v) is 2.39. The molecule has 1 heterocycles. The van der Waals surface area contributed by atoms with Crippen molar-refractivity contribution in [1.82, 2.24) is 4.57 Å². The first kappa shape index (κ1) is 13.9. The van der Waals surface area contributed by atoms with Crippen molar-refractivity contribution >= 4 is 16.9 Å². The summed E-state index contributed by atoms with van der Waals surface area (Å²) in [6.45, 7) is 0.241. The van der Waals surface area contributed by atoms with Gasteiger partial charge < -0.3 is 9.30 Å². The Bertz CT molecular complexity index is 873. The first-order valence-electron chi connectivity index (χ1n) is 6.89. The highest BCUT2D eigenvalue weighted by Crippen LogP contribution is 2.21. The molecule has 0 bridgehead atoms. The fourth-order valence-electron chi connectivity index (χ4n) is 2.39. The summed E-state index contributed by atoms with van der Waals surface area (Å²) in [5.41, 5.74) is 2.83. The van der Waals surface area contributed by atoms with E-state index >= 15 is 0 Å². The van der Waals surface area contributed by atoms with Crippen LogP contribution in [-0.2, 0) is 18.4 Å². The summed E-state index contributed by atoms with van der Waals surface area (Å²) in [4.78, 5) is 12.3. The summed E-state index contributed by atoms with van der Waals surface area (Å²) < 4.78 is 7.11.